The van der Waals surface area contributed by atoms with E-state index in [0.717, 1.165) is 32.3 Å². The predicted molar refractivity (Wildman–Crippen MR) is 178 cm³/mol. The molecule has 0 atom stereocenters. The van der Waals surface area contributed by atoms with Crippen molar-refractivity contribution >= 4 is 74.0 Å². The fraction of sp³-hybridized carbons (Fsp3) is 0.0606. The van der Waals surface area contributed by atoms with Gasteiger partial charge in [0.1, 0.15) is 36.3 Å². The van der Waals surface area contributed by atoms with Crippen LogP contribution < -0.4 is 16.6 Å². The lowest BCUT2D eigenvalue weighted by Gasteiger charge is -2.05. The smallest absolute Gasteiger partial charge is 0.310 e. The zero-order chi connectivity index (χ0) is 34.3. The van der Waals surface area contributed by atoms with E-state index in [1.54, 1.807) is 67.9 Å². The summed E-state index contributed by atoms with van der Waals surface area (Å²) in [5.74, 6) is -0.437. The van der Waals surface area contributed by atoms with Crippen molar-refractivity contribution < 1.29 is 24.3 Å². The number of nitrogen functional groups attached to an aromatic ring is 1. The highest BCUT2D eigenvalue weighted by Gasteiger charge is 2.06. The number of nitrogens with zero attached hydrogens (tertiary/aromatic N) is 7. The topological polar surface area (TPSA) is 225 Å². The number of carboxylic acid groups (broad SMARTS) is 1. The summed E-state index contributed by atoms with van der Waals surface area (Å²) in [7, 11) is 0. The van der Waals surface area contributed by atoms with Gasteiger partial charge in [-0.3, -0.25) is 29.3 Å². The van der Waals surface area contributed by atoms with E-state index in [9.17, 15) is 24.0 Å². The Bertz CT molecular complexity index is 2270. The average Bonchev–Trinajstić information content (AvgIpc) is 3.10. The minimum Gasteiger partial charge on any atom is -0.481 e. The van der Waals surface area contributed by atoms with Gasteiger partial charge in [0, 0.05) is 100 Å². The highest BCUT2D eigenvalue weighted by atomic mass is 16.4. The third kappa shape index (κ3) is 9.24. The van der Waals surface area contributed by atoms with Crippen molar-refractivity contribution in [2.24, 2.45) is 0 Å². The molecule has 4 N–H and O–H groups in total. The minimum absolute atomic E-state index is 0.164. The molecule has 7 rings (SSSR count). The van der Waals surface area contributed by atoms with Crippen LogP contribution in [0.3, 0.4) is 0 Å². The summed E-state index contributed by atoms with van der Waals surface area (Å²) >= 11 is 0. The number of aliphatic carboxylic acids is 1. The monoisotopic (exact) mass is 645 g/mol. The molecule has 0 saturated heterocycles. The van der Waals surface area contributed by atoms with Gasteiger partial charge >= 0.3 is 5.97 Å². The molecule has 0 saturated carbocycles. The van der Waals surface area contributed by atoms with Gasteiger partial charge in [0.2, 0.25) is 5.91 Å². The highest BCUT2D eigenvalue weighted by molar-refractivity contribution is 6.03. The maximum atomic E-state index is 11.3. The first-order valence-electron chi connectivity index (χ1n) is 14.0. The van der Waals surface area contributed by atoms with Gasteiger partial charge in [-0.2, -0.15) is 4.98 Å². The molecule has 0 radical (unpaired) electrons. The lowest BCUT2D eigenvalue weighted by molar-refractivity contribution is -0.138. The fourth-order valence-corrected chi connectivity index (χ4v) is 4.12. The number of hydrogen-bond acceptors (Lipinski definition) is 12. The first kappa shape index (κ1) is 33.9. The largest absolute Gasteiger partial charge is 0.481 e. The molecule has 0 unspecified atom stereocenters. The van der Waals surface area contributed by atoms with Crippen molar-refractivity contribution in [3.8, 4) is 0 Å². The fourth-order valence-electron chi connectivity index (χ4n) is 4.12. The van der Waals surface area contributed by atoms with Gasteiger partial charge in [0.15, 0.2) is 0 Å². The van der Waals surface area contributed by atoms with Crippen LogP contribution >= 0.6 is 0 Å². The summed E-state index contributed by atoms with van der Waals surface area (Å²) in [6.07, 6.45) is 17.4. The number of fused-ring (bicyclic) bond motifs is 5. The molecule has 0 fully saturated rings. The summed E-state index contributed by atoms with van der Waals surface area (Å²) in [6.45, 7) is 0. The number of carbonyl (C=O) groups excluding carboxylic acids is 3. The molecule has 7 aromatic rings. The number of anilines is 2. The number of rotatable bonds is 5. The molecule has 15 nitrogen and oxygen atoms in total. The quantitative estimate of drug-likeness (QED) is 0.139. The van der Waals surface area contributed by atoms with E-state index in [2.05, 4.69) is 35.2 Å². The van der Waals surface area contributed by atoms with E-state index in [1.165, 1.54) is 6.07 Å². The molecule has 0 aliphatic carbocycles. The summed E-state index contributed by atoms with van der Waals surface area (Å²) in [5, 5.41) is 15.9. The van der Waals surface area contributed by atoms with E-state index in [1.807, 2.05) is 34.9 Å². The lowest BCUT2D eigenvalue weighted by Crippen LogP contribution is -2.12. The van der Waals surface area contributed by atoms with Crippen LogP contribution in [0.5, 0.6) is 0 Å². The van der Waals surface area contributed by atoms with Crippen molar-refractivity contribution in [2.45, 2.75) is 12.8 Å². The SMILES string of the molecule is Nc1nccc2cnccc12.O=CCC(=O)Nc1nccc2cnccc12.O=CCC(=O)O.O=c1ccn2ccc3cnccc3c2n1. The highest BCUT2D eigenvalue weighted by Crippen LogP contribution is 2.19. The average molecular weight is 646 g/mol. The van der Waals surface area contributed by atoms with Crippen LogP contribution in [0.4, 0.5) is 11.6 Å². The lowest BCUT2D eigenvalue weighted by atomic mass is 10.2. The van der Waals surface area contributed by atoms with Crippen LogP contribution in [0.2, 0.25) is 0 Å². The second-order valence-electron chi connectivity index (χ2n) is 9.51. The molecule has 7 heterocycles. The molecule has 0 aliphatic rings. The number of nitrogens with one attached hydrogen (secondary N) is 1. The molecular weight excluding hydrogens is 618 g/mol. The first-order valence-corrected chi connectivity index (χ1v) is 14.0. The third-order valence-corrected chi connectivity index (χ3v) is 6.29. The van der Waals surface area contributed by atoms with Crippen LogP contribution in [0.1, 0.15) is 12.8 Å². The second kappa shape index (κ2) is 16.9. The van der Waals surface area contributed by atoms with Crippen molar-refractivity contribution in [1.29, 1.82) is 0 Å². The molecule has 0 spiro atoms. The number of pyridine rings is 6. The molecule has 240 valence electrons. The number of aromatic nitrogens is 7. The van der Waals surface area contributed by atoms with Gasteiger partial charge in [-0.15, -0.1) is 0 Å². The number of hydrogen-bond donors (Lipinski definition) is 3. The van der Waals surface area contributed by atoms with Crippen LogP contribution in [0.15, 0.2) is 109 Å². The van der Waals surface area contributed by atoms with Crippen molar-refractivity contribution in [3.63, 3.8) is 0 Å². The molecule has 7 aromatic heterocycles. The number of carboxylic acids is 1. The van der Waals surface area contributed by atoms with E-state index in [-0.39, 0.29) is 24.3 Å². The molecular formula is C33H27N9O6. The van der Waals surface area contributed by atoms with Crippen molar-refractivity contribution in [2.75, 3.05) is 11.1 Å². The Morgan fingerprint density at radius 3 is 1.90 bits per heavy atom. The Balaban J connectivity index is 0.000000152. The van der Waals surface area contributed by atoms with E-state index in [4.69, 9.17) is 10.8 Å². The van der Waals surface area contributed by atoms with Gasteiger partial charge in [0.05, 0.1) is 6.42 Å². The summed E-state index contributed by atoms with van der Waals surface area (Å²) in [5.41, 5.74) is 6.06. The van der Waals surface area contributed by atoms with Gasteiger partial charge in [-0.05, 0) is 36.4 Å². The molecule has 0 bridgehead atoms. The predicted octanol–water partition coefficient (Wildman–Crippen LogP) is 3.27. The summed E-state index contributed by atoms with van der Waals surface area (Å²) < 4.78 is 1.82. The van der Waals surface area contributed by atoms with E-state index >= 15 is 0 Å². The van der Waals surface area contributed by atoms with Crippen LogP contribution in [-0.4, -0.2) is 63.9 Å². The third-order valence-electron chi connectivity index (χ3n) is 6.29. The van der Waals surface area contributed by atoms with Gasteiger partial charge in [-0.25, -0.2) is 9.97 Å². The first-order chi connectivity index (χ1) is 23.3. The number of nitrogens with two attached hydrogens (primary N) is 1. The zero-order valence-corrected chi connectivity index (χ0v) is 25.1. The van der Waals surface area contributed by atoms with Crippen LogP contribution in [0.25, 0.3) is 38.0 Å². The van der Waals surface area contributed by atoms with E-state index in [0.29, 0.717) is 29.9 Å². The molecule has 1 amide bonds. The Kier molecular flexibility index (Phi) is 11.9. The molecule has 0 aliphatic heterocycles. The Hall–Kier alpha value is -7.03. The Labute approximate surface area is 271 Å². The van der Waals surface area contributed by atoms with Crippen molar-refractivity contribution in [3.05, 3.63) is 115 Å². The van der Waals surface area contributed by atoms with Gasteiger partial charge in [-0.1, -0.05) is 0 Å². The minimum atomic E-state index is -1.08. The van der Waals surface area contributed by atoms with Gasteiger partial charge in [0.25, 0.3) is 5.56 Å². The maximum Gasteiger partial charge on any atom is 0.310 e. The van der Waals surface area contributed by atoms with Crippen LogP contribution in [0, 0.1) is 0 Å². The Morgan fingerprint density at radius 1 is 0.729 bits per heavy atom. The Morgan fingerprint density at radius 2 is 1.29 bits per heavy atom. The van der Waals surface area contributed by atoms with Crippen LogP contribution in [-0.2, 0) is 19.2 Å². The molecule has 15 heteroatoms. The standard InChI is InChI=1S/C11H9N3O2.C11H7N3O.C8H7N3.C3H4O3/c15-6-3-10(16)14-11-9-2-4-12-7-8(9)1-5-13-11;15-10-3-6-14-5-2-8-7-12-4-1-9(8)11(14)13-10;9-8-7-2-3-10-5-6(7)1-4-11-8;4-2-1-3(5)6/h1-2,4-7H,3H2,(H,13,14,16);1-7H;1-5H,(H2,9,11);2H,1H2,(H,5,6). The number of carbonyl (C=O) groups is 4. The normalized spacial score (nSPS) is 10.0. The zero-order valence-electron chi connectivity index (χ0n) is 25.1. The summed E-state index contributed by atoms with van der Waals surface area (Å²) in [4.78, 5) is 75.2. The summed E-state index contributed by atoms with van der Waals surface area (Å²) in [6, 6.07) is 12.6. The van der Waals surface area contributed by atoms with E-state index < -0.39 is 5.97 Å². The molecule has 0 aromatic carbocycles. The van der Waals surface area contributed by atoms with Crippen molar-refractivity contribution in [1.82, 2.24) is 34.3 Å². The van der Waals surface area contributed by atoms with Gasteiger partial charge < -0.3 is 30.1 Å². The second-order valence-corrected chi connectivity index (χ2v) is 9.51. The number of amides is 1. The maximum absolute atomic E-state index is 11.3. The number of aldehydes is 2. The molecule has 48 heavy (non-hydrogen) atoms.